The van der Waals surface area contributed by atoms with Crippen LogP contribution in [0.15, 0.2) is 35.8 Å². The van der Waals surface area contributed by atoms with E-state index in [4.69, 9.17) is 14.2 Å². The summed E-state index contributed by atoms with van der Waals surface area (Å²) in [6.07, 6.45) is 3.39. The average molecular weight is 418 g/mol. The van der Waals surface area contributed by atoms with Gasteiger partial charge in [-0.2, -0.15) is 0 Å². The van der Waals surface area contributed by atoms with Gasteiger partial charge in [0.2, 0.25) is 12.7 Å². The van der Waals surface area contributed by atoms with E-state index in [1.165, 1.54) is 0 Å². The molecule has 154 valence electrons. The number of rotatable bonds is 9. The summed E-state index contributed by atoms with van der Waals surface area (Å²) in [5.41, 5.74) is 0.735. The standard InChI is InChI=1S/C20H22N2O6S/c1-3-4-9-26-13(2)18(23)21-7-8-22-19(24)17(29-20(22)25)11-14-5-6-15-16(10-14)28-12-27-15/h3,5-6,10-11,13H,1,4,7-9,12H2,2H3,(H,21,23)/b17-11+. The zero-order valence-corrected chi connectivity index (χ0v) is 16.8. The lowest BCUT2D eigenvalue weighted by molar-refractivity contribution is -0.132. The number of carbonyl (C=O) groups excluding carboxylic acids is 3. The van der Waals surface area contributed by atoms with Crippen molar-refractivity contribution in [2.75, 3.05) is 26.5 Å². The molecular formula is C20H22N2O6S. The minimum atomic E-state index is -0.615. The summed E-state index contributed by atoms with van der Waals surface area (Å²) >= 11 is 0.868. The molecule has 0 aliphatic carbocycles. The Morgan fingerprint density at radius 3 is 2.97 bits per heavy atom. The Morgan fingerprint density at radius 2 is 2.17 bits per heavy atom. The molecule has 8 nitrogen and oxygen atoms in total. The fraction of sp³-hybridized carbons (Fsp3) is 0.350. The highest BCUT2D eigenvalue weighted by Gasteiger charge is 2.34. The number of hydrogen-bond acceptors (Lipinski definition) is 7. The van der Waals surface area contributed by atoms with Gasteiger partial charge in [-0.15, -0.1) is 6.58 Å². The van der Waals surface area contributed by atoms with E-state index in [9.17, 15) is 14.4 Å². The predicted molar refractivity (Wildman–Crippen MR) is 108 cm³/mol. The zero-order chi connectivity index (χ0) is 20.8. The SMILES string of the molecule is C=CCCOC(C)C(=O)NCCN1C(=O)S/C(=C/c2ccc3c(c2)OCO3)C1=O. The fourth-order valence-corrected chi connectivity index (χ4v) is 3.55. The van der Waals surface area contributed by atoms with Gasteiger partial charge in [0.15, 0.2) is 11.5 Å². The zero-order valence-electron chi connectivity index (χ0n) is 16.0. The Kier molecular flexibility index (Phi) is 6.95. The predicted octanol–water partition coefficient (Wildman–Crippen LogP) is 2.55. The molecule has 0 saturated carbocycles. The molecule has 0 radical (unpaired) electrons. The highest BCUT2D eigenvalue weighted by Crippen LogP contribution is 2.36. The molecule has 1 unspecified atom stereocenters. The van der Waals surface area contributed by atoms with E-state index in [1.807, 2.05) is 0 Å². The molecule has 1 atom stereocenters. The lowest BCUT2D eigenvalue weighted by Gasteiger charge is -2.15. The van der Waals surface area contributed by atoms with Gasteiger partial charge < -0.3 is 19.5 Å². The van der Waals surface area contributed by atoms with Gasteiger partial charge in [0.05, 0.1) is 11.5 Å². The van der Waals surface area contributed by atoms with Crippen LogP contribution in [0.4, 0.5) is 4.79 Å². The van der Waals surface area contributed by atoms with Crippen molar-refractivity contribution in [3.63, 3.8) is 0 Å². The number of imide groups is 1. The second kappa shape index (κ2) is 9.62. The lowest BCUT2D eigenvalue weighted by Crippen LogP contribution is -2.41. The van der Waals surface area contributed by atoms with Gasteiger partial charge >= 0.3 is 0 Å². The lowest BCUT2D eigenvalue weighted by atomic mass is 10.2. The molecule has 9 heteroatoms. The summed E-state index contributed by atoms with van der Waals surface area (Å²) in [4.78, 5) is 38.2. The number of thioether (sulfide) groups is 1. The van der Waals surface area contributed by atoms with Crippen LogP contribution in [-0.4, -0.2) is 54.5 Å². The van der Waals surface area contributed by atoms with Gasteiger partial charge in [0, 0.05) is 13.1 Å². The molecule has 3 rings (SSSR count). The third-order valence-electron chi connectivity index (χ3n) is 4.26. The highest BCUT2D eigenvalue weighted by atomic mass is 32.2. The van der Waals surface area contributed by atoms with Crippen molar-refractivity contribution in [2.24, 2.45) is 0 Å². The largest absolute Gasteiger partial charge is 0.454 e. The molecule has 1 aromatic rings. The van der Waals surface area contributed by atoms with Crippen LogP contribution in [0, 0.1) is 0 Å². The van der Waals surface area contributed by atoms with Crippen LogP contribution in [0.25, 0.3) is 6.08 Å². The van der Waals surface area contributed by atoms with Crippen LogP contribution >= 0.6 is 11.8 Å². The second-order valence-corrected chi connectivity index (χ2v) is 7.32. The van der Waals surface area contributed by atoms with Crippen LogP contribution in [0.3, 0.4) is 0 Å². The van der Waals surface area contributed by atoms with Gasteiger partial charge in [0.25, 0.3) is 11.1 Å². The quantitative estimate of drug-likeness (QED) is 0.374. The maximum Gasteiger partial charge on any atom is 0.293 e. The minimum absolute atomic E-state index is 0.0915. The minimum Gasteiger partial charge on any atom is -0.454 e. The molecule has 3 amide bonds. The van der Waals surface area contributed by atoms with E-state index in [0.717, 1.165) is 22.2 Å². The molecule has 1 saturated heterocycles. The number of nitrogens with one attached hydrogen (secondary N) is 1. The first-order chi connectivity index (χ1) is 14.0. The van der Waals surface area contributed by atoms with Crippen molar-refractivity contribution in [3.8, 4) is 11.5 Å². The number of benzene rings is 1. The van der Waals surface area contributed by atoms with Crippen molar-refractivity contribution in [2.45, 2.75) is 19.4 Å². The maximum atomic E-state index is 12.6. The number of amides is 3. The maximum absolute atomic E-state index is 12.6. The van der Waals surface area contributed by atoms with E-state index in [1.54, 1.807) is 37.3 Å². The average Bonchev–Trinajstić information content (AvgIpc) is 3.27. The van der Waals surface area contributed by atoms with Gasteiger partial charge in [0.1, 0.15) is 6.10 Å². The number of nitrogens with zero attached hydrogens (tertiary/aromatic N) is 1. The summed E-state index contributed by atoms with van der Waals surface area (Å²) in [5.74, 6) is 0.568. The molecule has 1 N–H and O–H groups in total. The van der Waals surface area contributed by atoms with Crippen molar-refractivity contribution in [1.29, 1.82) is 0 Å². The van der Waals surface area contributed by atoms with Crippen molar-refractivity contribution < 1.29 is 28.6 Å². The Labute approximate surface area is 172 Å². The second-order valence-electron chi connectivity index (χ2n) is 6.33. The first kappa shape index (κ1) is 20.9. The number of carbonyl (C=O) groups is 3. The van der Waals surface area contributed by atoms with Gasteiger partial charge in [-0.05, 0) is 48.9 Å². The molecule has 1 fully saturated rings. The summed E-state index contributed by atoms with van der Waals surface area (Å²) in [7, 11) is 0. The van der Waals surface area contributed by atoms with Gasteiger partial charge in [-0.1, -0.05) is 12.1 Å². The van der Waals surface area contributed by atoms with Crippen LogP contribution in [0.2, 0.25) is 0 Å². The Hall–Kier alpha value is -2.78. The Bertz CT molecular complexity index is 853. The first-order valence-electron chi connectivity index (χ1n) is 9.15. The summed E-state index contributed by atoms with van der Waals surface area (Å²) in [6, 6.07) is 5.30. The normalized spacial score (nSPS) is 17.7. The fourth-order valence-electron chi connectivity index (χ4n) is 2.69. The van der Waals surface area contributed by atoms with Crippen molar-refractivity contribution in [3.05, 3.63) is 41.3 Å². The third-order valence-corrected chi connectivity index (χ3v) is 5.17. The monoisotopic (exact) mass is 418 g/mol. The van der Waals surface area contributed by atoms with Crippen molar-refractivity contribution in [1.82, 2.24) is 10.2 Å². The van der Waals surface area contributed by atoms with Gasteiger partial charge in [-0.25, -0.2) is 0 Å². The topological polar surface area (TPSA) is 94.2 Å². The van der Waals surface area contributed by atoms with E-state index >= 15 is 0 Å². The van der Waals surface area contributed by atoms with Crippen LogP contribution in [0.1, 0.15) is 18.9 Å². The molecule has 2 heterocycles. The van der Waals surface area contributed by atoms with E-state index in [2.05, 4.69) is 11.9 Å². The van der Waals surface area contributed by atoms with E-state index < -0.39 is 6.10 Å². The van der Waals surface area contributed by atoms with E-state index in [-0.39, 0.29) is 36.9 Å². The highest BCUT2D eigenvalue weighted by molar-refractivity contribution is 8.18. The van der Waals surface area contributed by atoms with Crippen LogP contribution < -0.4 is 14.8 Å². The molecule has 2 aliphatic heterocycles. The van der Waals surface area contributed by atoms with Crippen LogP contribution in [0.5, 0.6) is 11.5 Å². The molecular weight excluding hydrogens is 396 g/mol. The number of fused-ring (bicyclic) bond motifs is 1. The first-order valence-corrected chi connectivity index (χ1v) is 9.96. The molecule has 2 aliphatic rings. The molecule has 29 heavy (non-hydrogen) atoms. The Balaban J connectivity index is 1.52. The molecule has 0 spiro atoms. The van der Waals surface area contributed by atoms with Crippen molar-refractivity contribution >= 4 is 34.9 Å². The molecule has 0 bridgehead atoms. The van der Waals surface area contributed by atoms with Crippen LogP contribution in [-0.2, 0) is 14.3 Å². The molecule has 0 aromatic heterocycles. The smallest absolute Gasteiger partial charge is 0.293 e. The van der Waals surface area contributed by atoms with Gasteiger partial charge in [-0.3, -0.25) is 19.3 Å². The van der Waals surface area contributed by atoms with E-state index in [0.29, 0.717) is 29.4 Å². The summed E-state index contributed by atoms with van der Waals surface area (Å²) in [5, 5.41) is 2.31. The number of ether oxygens (including phenoxy) is 3. The number of hydrogen-bond donors (Lipinski definition) is 1. The molecule has 1 aromatic carbocycles. The summed E-state index contributed by atoms with van der Waals surface area (Å²) < 4.78 is 15.9. The summed E-state index contributed by atoms with van der Waals surface area (Å²) in [6.45, 7) is 6.06. The third kappa shape index (κ3) is 5.18. The Morgan fingerprint density at radius 1 is 1.38 bits per heavy atom.